The molecule has 1 rings (SSSR count). The van der Waals surface area contributed by atoms with Gasteiger partial charge in [-0.25, -0.2) is 4.79 Å². The number of carboxylic acids is 1. The van der Waals surface area contributed by atoms with Crippen LogP contribution in [0.5, 0.6) is 0 Å². The highest BCUT2D eigenvalue weighted by Crippen LogP contribution is 2.17. The summed E-state index contributed by atoms with van der Waals surface area (Å²) < 4.78 is 4.75. The second-order valence-corrected chi connectivity index (χ2v) is 5.65. The molecule has 1 unspecified atom stereocenters. The highest BCUT2D eigenvalue weighted by atomic mass is 32.1. The average molecular weight is 285 g/mol. The van der Waals surface area contributed by atoms with E-state index in [1.54, 1.807) is 11.3 Å². The van der Waals surface area contributed by atoms with E-state index in [-0.39, 0.29) is 12.5 Å². The van der Waals surface area contributed by atoms with E-state index in [1.165, 1.54) is 16.9 Å². The van der Waals surface area contributed by atoms with E-state index in [0.717, 1.165) is 6.42 Å². The van der Waals surface area contributed by atoms with Gasteiger partial charge in [-0.3, -0.25) is 4.79 Å². The van der Waals surface area contributed by atoms with E-state index < -0.39 is 12.0 Å². The standard InChI is InChI=1S/C13H19NO4S/c1-9-6-7-10(19-9)4-3-5-12(15)14-11(8-18-2)13(16)17/h6-7,11H,3-5,8H2,1-2H3,(H,14,15)(H,16,17). The number of hydrogen-bond donors (Lipinski definition) is 2. The number of carbonyl (C=O) groups excluding carboxylic acids is 1. The van der Waals surface area contributed by atoms with Gasteiger partial charge >= 0.3 is 5.97 Å². The highest BCUT2D eigenvalue weighted by molar-refractivity contribution is 7.11. The van der Waals surface area contributed by atoms with Gasteiger partial charge in [-0.2, -0.15) is 0 Å². The number of carboxylic acid groups (broad SMARTS) is 1. The van der Waals surface area contributed by atoms with Crippen LogP contribution in [0.2, 0.25) is 0 Å². The zero-order valence-electron chi connectivity index (χ0n) is 11.1. The smallest absolute Gasteiger partial charge is 0.328 e. The second-order valence-electron chi connectivity index (χ2n) is 4.28. The van der Waals surface area contributed by atoms with E-state index in [9.17, 15) is 9.59 Å². The van der Waals surface area contributed by atoms with Crippen molar-refractivity contribution in [2.24, 2.45) is 0 Å². The third kappa shape index (κ3) is 5.85. The number of aliphatic carboxylic acids is 1. The molecule has 0 aliphatic carbocycles. The minimum absolute atomic E-state index is 0.0226. The number of aryl methyl sites for hydroxylation is 2. The van der Waals surface area contributed by atoms with Crippen LogP contribution in [-0.2, 0) is 20.7 Å². The van der Waals surface area contributed by atoms with E-state index in [4.69, 9.17) is 9.84 Å². The van der Waals surface area contributed by atoms with E-state index in [2.05, 4.69) is 17.4 Å². The molecule has 106 valence electrons. The average Bonchev–Trinajstić information content (AvgIpc) is 2.74. The molecule has 19 heavy (non-hydrogen) atoms. The van der Waals surface area contributed by atoms with Crippen molar-refractivity contribution in [2.45, 2.75) is 32.2 Å². The molecule has 1 atom stereocenters. The molecule has 6 heteroatoms. The fourth-order valence-electron chi connectivity index (χ4n) is 1.65. The maximum atomic E-state index is 11.6. The zero-order chi connectivity index (χ0) is 14.3. The first-order valence-electron chi connectivity index (χ1n) is 6.09. The van der Waals surface area contributed by atoms with Crippen molar-refractivity contribution in [2.75, 3.05) is 13.7 Å². The van der Waals surface area contributed by atoms with Crippen molar-refractivity contribution in [3.05, 3.63) is 21.9 Å². The summed E-state index contributed by atoms with van der Waals surface area (Å²) in [7, 11) is 1.40. The van der Waals surface area contributed by atoms with Crippen LogP contribution in [0.25, 0.3) is 0 Å². The Morgan fingerprint density at radius 3 is 2.74 bits per heavy atom. The Morgan fingerprint density at radius 1 is 1.47 bits per heavy atom. The van der Waals surface area contributed by atoms with Crippen LogP contribution in [-0.4, -0.2) is 36.7 Å². The van der Waals surface area contributed by atoms with Gasteiger partial charge in [0.1, 0.15) is 0 Å². The minimum Gasteiger partial charge on any atom is -0.480 e. The molecule has 0 aliphatic rings. The molecule has 0 aromatic carbocycles. The number of hydrogen-bond acceptors (Lipinski definition) is 4. The second kappa shape index (κ2) is 7.91. The summed E-state index contributed by atoms with van der Waals surface area (Å²) in [6.07, 6.45) is 1.88. The summed E-state index contributed by atoms with van der Waals surface area (Å²) in [4.78, 5) is 24.9. The lowest BCUT2D eigenvalue weighted by Crippen LogP contribution is -2.43. The quantitative estimate of drug-likeness (QED) is 0.760. The van der Waals surface area contributed by atoms with Crippen molar-refractivity contribution < 1.29 is 19.4 Å². The Morgan fingerprint density at radius 2 is 2.21 bits per heavy atom. The molecule has 5 nitrogen and oxygen atoms in total. The monoisotopic (exact) mass is 285 g/mol. The van der Waals surface area contributed by atoms with Crippen LogP contribution in [0.15, 0.2) is 12.1 Å². The Bertz CT molecular complexity index is 430. The molecule has 1 aromatic rings. The van der Waals surface area contributed by atoms with Gasteiger partial charge in [0.25, 0.3) is 0 Å². The minimum atomic E-state index is -1.08. The molecule has 0 spiro atoms. The molecule has 1 heterocycles. The molecule has 1 amide bonds. The topological polar surface area (TPSA) is 75.6 Å². The fraction of sp³-hybridized carbons (Fsp3) is 0.538. The van der Waals surface area contributed by atoms with Gasteiger partial charge in [0.15, 0.2) is 6.04 Å². The number of rotatable bonds is 8. The number of nitrogens with one attached hydrogen (secondary N) is 1. The lowest BCUT2D eigenvalue weighted by atomic mass is 10.2. The number of amides is 1. The van der Waals surface area contributed by atoms with Crippen LogP contribution in [0.1, 0.15) is 22.6 Å². The Kier molecular flexibility index (Phi) is 6.52. The number of carbonyl (C=O) groups is 2. The van der Waals surface area contributed by atoms with Gasteiger partial charge in [0, 0.05) is 23.3 Å². The van der Waals surface area contributed by atoms with Crippen LogP contribution in [0.3, 0.4) is 0 Å². The first kappa shape index (κ1) is 15.7. The van der Waals surface area contributed by atoms with Gasteiger partial charge < -0.3 is 15.2 Å². The molecule has 0 radical (unpaired) electrons. The van der Waals surface area contributed by atoms with Gasteiger partial charge in [0.05, 0.1) is 6.61 Å². The van der Waals surface area contributed by atoms with Gasteiger partial charge in [-0.1, -0.05) is 0 Å². The molecule has 0 saturated heterocycles. The largest absolute Gasteiger partial charge is 0.480 e. The van der Waals surface area contributed by atoms with Crippen molar-refractivity contribution in [3.63, 3.8) is 0 Å². The lowest BCUT2D eigenvalue weighted by molar-refractivity contribution is -0.143. The van der Waals surface area contributed by atoms with Crippen molar-refractivity contribution >= 4 is 23.2 Å². The van der Waals surface area contributed by atoms with Crippen molar-refractivity contribution in [1.82, 2.24) is 5.32 Å². The third-order valence-electron chi connectivity index (χ3n) is 2.59. The predicted molar refractivity (Wildman–Crippen MR) is 73.4 cm³/mol. The summed E-state index contributed by atoms with van der Waals surface area (Å²) in [6, 6.07) is 3.14. The molecule has 0 bridgehead atoms. The summed E-state index contributed by atoms with van der Waals surface area (Å²) in [5, 5.41) is 11.3. The van der Waals surface area contributed by atoms with E-state index in [0.29, 0.717) is 12.8 Å². The van der Waals surface area contributed by atoms with E-state index in [1.807, 2.05) is 6.92 Å². The number of ether oxygens (including phenoxy) is 1. The van der Waals surface area contributed by atoms with Gasteiger partial charge in [0.2, 0.25) is 5.91 Å². The SMILES string of the molecule is COCC(NC(=O)CCCc1ccc(C)s1)C(=O)O. The van der Waals surface area contributed by atoms with Crippen LogP contribution < -0.4 is 5.32 Å². The maximum Gasteiger partial charge on any atom is 0.328 e. The Hall–Kier alpha value is -1.40. The lowest BCUT2D eigenvalue weighted by Gasteiger charge is -2.13. The van der Waals surface area contributed by atoms with Crippen LogP contribution >= 0.6 is 11.3 Å². The van der Waals surface area contributed by atoms with Gasteiger partial charge in [-0.15, -0.1) is 11.3 Å². The highest BCUT2D eigenvalue weighted by Gasteiger charge is 2.19. The summed E-state index contributed by atoms with van der Waals surface area (Å²) in [6.45, 7) is 2.02. The van der Waals surface area contributed by atoms with E-state index >= 15 is 0 Å². The molecular weight excluding hydrogens is 266 g/mol. The molecular formula is C13H19NO4S. The normalized spacial score (nSPS) is 12.1. The Balaban J connectivity index is 2.28. The molecule has 0 fully saturated rings. The molecule has 1 aromatic heterocycles. The van der Waals surface area contributed by atoms with Crippen molar-refractivity contribution in [3.8, 4) is 0 Å². The van der Waals surface area contributed by atoms with Crippen molar-refractivity contribution in [1.29, 1.82) is 0 Å². The summed E-state index contributed by atoms with van der Waals surface area (Å²) >= 11 is 1.72. The number of methoxy groups -OCH3 is 1. The first-order chi connectivity index (χ1) is 9.02. The third-order valence-corrected chi connectivity index (χ3v) is 3.65. The molecule has 2 N–H and O–H groups in total. The Labute approximate surface area is 116 Å². The first-order valence-corrected chi connectivity index (χ1v) is 6.91. The van der Waals surface area contributed by atoms with Gasteiger partial charge in [-0.05, 0) is 31.9 Å². The fourth-order valence-corrected chi connectivity index (χ4v) is 2.58. The molecule has 0 saturated carbocycles. The summed E-state index contributed by atoms with van der Waals surface area (Å²) in [5.41, 5.74) is 0. The maximum absolute atomic E-state index is 11.6. The number of thiophene rings is 1. The zero-order valence-corrected chi connectivity index (χ0v) is 12.0. The predicted octanol–water partition coefficient (Wildman–Crippen LogP) is 1.60. The summed E-state index contributed by atoms with van der Waals surface area (Å²) in [5.74, 6) is -1.33. The van der Waals surface area contributed by atoms with Crippen LogP contribution in [0.4, 0.5) is 0 Å². The van der Waals surface area contributed by atoms with Crippen LogP contribution in [0, 0.1) is 6.92 Å². The molecule has 0 aliphatic heterocycles.